The maximum Gasteiger partial charge on any atom is 0.0912 e. The van der Waals surface area contributed by atoms with E-state index in [0.717, 1.165) is 16.9 Å². The summed E-state index contributed by atoms with van der Waals surface area (Å²) in [4.78, 5) is 4.08. The van der Waals surface area contributed by atoms with Crippen LogP contribution in [0.15, 0.2) is 24.3 Å². The first-order valence-electron chi connectivity index (χ1n) is 5.11. The summed E-state index contributed by atoms with van der Waals surface area (Å²) < 4.78 is 0. The molecule has 0 saturated heterocycles. The molecule has 0 aliphatic carbocycles. The largest absolute Gasteiger partial charge is 0.378 e. The Morgan fingerprint density at radius 1 is 1.12 bits per heavy atom. The Balaban J connectivity index is 3.22. The van der Waals surface area contributed by atoms with Crippen molar-refractivity contribution >= 4 is 17.5 Å². The summed E-state index contributed by atoms with van der Waals surface area (Å²) in [6.07, 6.45) is 3.34. The van der Waals surface area contributed by atoms with Crippen LogP contribution in [0, 0.1) is 11.3 Å². The molecule has 0 saturated carbocycles. The van der Waals surface area contributed by atoms with Gasteiger partial charge in [-0.1, -0.05) is 0 Å². The third-order valence-corrected chi connectivity index (χ3v) is 2.35. The SMILES string of the molecule is CN(C)c1ccc(N(C)C)c(C=CC#N)c1. The van der Waals surface area contributed by atoms with Crippen LogP contribution in [-0.2, 0) is 0 Å². The van der Waals surface area contributed by atoms with Crippen LogP contribution in [0.2, 0.25) is 0 Å². The van der Waals surface area contributed by atoms with Crippen molar-refractivity contribution in [2.75, 3.05) is 38.0 Å². The van der Waals surface area contributed by atoms with Gasteiger partial charge in [0.25, 0.3) is 0 Å². The predicted octanol–water partition coefficient (Wildman–Crippen LogP) is 2.36. The normalized spacial score (nSPS) is 10.2. The molecule has 0 atom stereocenters. The van der Waals surface area contributed by atoms with E-state index < -0.39 is 0 Å². The predicted molar refractivity (Wildman–Crippen MR) is 69.7 cm³/mol. The Morgan fingerprint density at radius 2 is 1.81 bits per heavy atom. The Kier molecular flexibility index (Phi) is 3.96. The highest BCUT2D eigenvalue weighted by molar-refractivity contribution is 5.72. The van der Waals surface area contributed by atoms with E-state index in [9.17, 15) is 0 Å². The molecule has 1 aromatic rings. The Labute approximate surface area is 97.2 Å². The molecular formula is C13H17N3. The molecule has 3 heteroatoms. The Hall–Kier alpha value is -1.95. The van der Waals surface area contributed by atoms with Gasteiger partial charge in [0.2, 0.25) is 0 Å². The molecular weight excluding hydrogens is 198 g/mol. The number of anilines is 2. The molecule has 16 heavy (non-hydrogen) atoms. The molecule has 0 spiro atoms. The summed E-state index contributed by atoms with van der Waals surface area (Å²) in [6, 6.07) is 8.22. The van der Waals surface area contributed by atoms with Gasteiger partial charge in [-0.05, 0) is 24.3 Å². The highest BCUT2D eigenvalue weighted by Crippen LogP contribution is 2.25. The number of hydrogen-bond donors (Lipinski definition) is 0. The number of nitrogens with zero attached hydrogens (tertiary/aromatic N) is 3. The van der Waals surface area contributed by atoms with Gasteiger partial charge in [-0.25, -0.2) is 0 Å². The minimum absolute atomic E-state index is 1.05. The zero-order valence-electron chi connectivity index (χ0n) is 10.2. The highest BCUT2D eigenvalue weighted by Gasteiger charge is 2.04. The fourth-order valence-corrected chi connectivity index (χ4v) is 1.49. The zero-order valence-corrected chi connectivity index (χ0v) is 10.2. The minimum Gasteiger partial charge on any atom is -0.378 e. The van der Waals surface area contributed by atoms with Gasteiger partial charge in [0.05, 0.1) is 6.07 Å². The van der Waals surface area contributed by atoms with Crippen LogP contribution in [0.1, 0.15) is 5.56 Å². The van der Waals surface area contributed by atoms with Crippen LogP contribution >= 0.6 is 0 Å². The van der Waals surface area contributed by atoms with Gasteiger partial charge in [0, 0.05) is 51.2 Å². The molecule has 3 nitrogen and oxygen atoms in total. The molecule has 0 aromatic heterocycles. The number of hydrogen-bond acceptors (Lipinski definition) is 3. The second-order valence-corrected chi connectivity index (χ2v) is 3.99. The molecule has 0 amide bonds. The fraction of sp³-hybridized carbons (Fsp3) is 0.308. The third-order valence-electron chi connectivity index (χ3n) is 2.35. The molecule has 1 rings (SSSR count). The fourth-order valence-electron chi connectivity index (χ4n) is 1.49. The van der Waals surface area contributed by atoms with E-state index in [2.05, 4.69) is 18.2 Å². The molecule has 0 heterocycles. The van der Waals surface area contributed by atoms with E-state index in [1.165, 1.54) is 6.08 Å². The van der Waals surface area contributed by atoms with Crippen molar-refractivity contribution in [3.8, 4) is 6.07 Å². The van der Waals surface area contributed by atoms with Crippen LogP contribution in [-0.4, -0.2) is 28.2 Å². The quantitative estimate of drug-likeness (QED) is 0.725. The van der Waals surface area contributed by atoms with E-state index in [-0.39, 0.29) is 0 Å². The lowest BCUT2D eigenvalue weighted by molar-refractivity contribution is 1.11. The van der Waals surface area contributed by atoms with Crippen LogP contribution < -0.4 is 9.80 Å². The van der Waals surface area contributed by atoms with Gasteiger partial charge in [-0.2, -0.15) is 5.26 Å². The Morgan fingerprint density at radius 3 is 2.31 bits per heavy atom. The van der Waals surface area contributed by atoms with Crippen molar-refractivity contribution in [1.82, 2.24) is 0 Å². The third kappa shape index (κ3) is 2.77. The first-order valence-corrected chi connectivity index (χ1v) is 5.11. The van der Waals surface area contributed by atoms with Crippen LogP contribution in [0.3, 0.4) is 0 Å². The smallest absolute Gasteiger partial charge is 0.0912 e. The molecule has 1 aromatic carbocycles. The standard InChI is InChI=1S/C13H17N3/c1-15(2)12-7-8-13(16(3)4)11(10-12)6-5-9-14/h5-8,10H,1-4H3. The molecule has 0 aliphatic rings. The van der Waals surface area contributed by atoms with Gasteiger partial charge < -0.3 is 9.80 Å². The van der Waals surface area contributed by atoms with Crippen LogP contribution in [0.25, 0.3) is 6.08 Å². The van der Waals surface area contributed by atoms with E-state index in [0.29, 0.717) is 0 Å². The van der Waals surface area contributed by atoms with Crippen molar-refractivity contribution in [1.29, 1.82) is 5.26 Å². The molecule has 0 fully saturated rings. The second kappa shape index (κ2) is 5.22. The van der Waals surface area contributed by atoms with Gasteiger partial charge in [-0.15, -0.1) is 0 Å². The molecule has 0 bridgehead atoms. The van der Waals surface area contributed by atoms with Crippen LogP contribution in [0.4, 0.5) is 11.4 Å². The molecule has 0 N–H and O–H groups in total. The maximum atomic E-state index is 8.57. The summed E-state index contributed by atoms with van der Waals surface area (Å²) in [7, 11) is 7.99. The average Bonchev–Trinajstić information content (AvgIpc) is 2.25. The summed E-state index contributed by atoms with van der Waals surface area (Å²) in [6.45, 7) is 0. The van der Waals surface area contributed by atoms with Crippen molar-refractivity contribution < 1.29 is 0 Å². The van der Waals surface area contributed by atoms with Gasteiger partial charge >= 0.3 is 0 Å². The second-order valence-electron chi connectivity index (χ2n) is 3.99. The summed E-state index contributed by atoms with van der Waals surface area (Å²) in [5.74, 6) is 0. The van der Waals surface area contributed by atoms with Gasteiger partial charge in [0.1, 0.15) is 0 Å². The number of nitriles is 1. The topological polar surface area (TPSA) is 30.3 Å². The monoisotopic (exact) mass is 215 g/mol. The molecule has 0 radical (unpaired) electrons. The number of benzene rings is 1. The molecule has 0 unspecified atom stereocenters. The van der Waals surface area contributed by atoms with Crippen molar-refractivity contribution in [3.05, 3.63) is 29.8 Å². The van der Waals surface area contributed by atoms with Crippen LogP contribution in [0.5, 0.6) is 0 Å². The lowest BCUT2D eigenvalue weighted by atomic mass is 10.1. The minimum atomic E-state index is 1.05. The van der Waals surface area contributed by atoms with E-state index in [1.54, 1.807) is 0 Å². The molecule has 0 aliphatic heterocycles. The lowest BCUT2D eigenvalue weighted by Gasteiger charge is -2.19. The first-order chi connectivity index (χ1) is 7.56. The lowest BCUT2D eigenvalue weighted by Crippen LogP contribution is -2.12. The van der Waals surface area contributed by atoms with Crippen molar-refractivity contribution in [2.24, 2.45) is 0 Å². The summed E-state index contributed by atoms with van der Waals surface area (Å²) >= 11 is 0. The molecule has 84 valence electrons. The summed E-state index contributed by atoms with van der Waals surface area (Å²) in [5.41, 5.74) is 3.29. The Bertz CT molecular complexity index is 425. The van der Waals surface area contributed by atoms with E-state index >= 15 is 0 Å². The number of rotatable bonds is 3. The van der Waals surface area contributed by atoms with E-state index in [1.807, 2.05) is 50.1 Å². The zero-order chi connectivity index (χ0) is 12.1. The maximum absolute atomic E-state index is 8.57. The highest BCUT2D eigenvalue weighted by atomic mass is 15.1. The van der Waals surface area contributed by atoms with Crippen molar-refractivity contribution in [2.45, 2.75) is 0 Å². The number of allylic oxidation sites excluding steroid dienone is 1. The summed E-state index contributed by atoms with van der Waals surface area (Å²) in [5, 5.41) is 8.57. The van der Waals surface area contributed by atoms with Gasteiger partial charge in [0.15, 0.2) is 0 Å². The van der Waals surface area contributed by atoms with Gasteiger partial charge in [-0.3, -0.25) is 0 Å². The van der Waals surface area contributed by atoms with E-state index in [4.69, 9.17) is 5.26 Å². The average molecular weight is 215 g/mol. The first kappa shape index (κ1) is 12.1. The van der Waals surface area contributed by atoms with Crippen molar-refractivity contribution in [3.63, 3.8) is 0 Å².